The molecule has 0 aliphatic heterocycles. The quantitative estimate of drug-likeness (QED) is 0.583. The molecule has 0 unspecified atom stereocenters. The standard InChI is InChI=1S/C18H17ClN4O5S/c1-27-13-6-3-11(4-7-13)17-21-16(28-22-17)10-20-18(24)14-9-12(5-8-15(14)19)23-29(2,25)26/h3-9,23H,10H2,1-2H3,(H,20,24). The van der Waals surface area contributed by atoms with Gasteiger partial charge < -0.3 is 14.6 Å². The van der Waals surface area contributed by atoms with Crippen LogP contribution in [0.2, 0.25) is 5.02 Å². The molecule has 2 N–H and O–H groups in total. The number of nitrogens with one attached hydrogen (secondary N) is 2. The van der Waals surface area contributed by atoms with E-state index in [1.807, 2.05) is 0 Å². The van der Waals surface area contributed by atoms with Crippen molar-refractivity contribution >= 4 is 33.2 Å². The van der Waals surface area contributed by atoms with Crippen molar-refractivity contribution < 1.29 is 22.5 Å². The predicted octanol–water partition coefficient (Wildman–Crippen LogP) is 2.70. The molecule has 3 aromatic rings. The van der Waals surface area contributed by atoms with Crippen LogP contribution in [0, 0.1) is 0 Å². The summed E-state index contributed by atoms with van der Waals surface area (Å²) in [4.78, 5) is 16.7. The molecule has 1 aromatic heterocycles. The van der Waals surface area contributed by atoms with Gasteiger partial charge in [-0.2, -0.15) is 4.98 Å². The summed E-state index contributed by atoms with van der Waals surface area (Å²) in [6, 6.07) is 11.3. The van der Waals surface area contributed by atoms with E-state index in [9.17, 15) is 13.2 Å². The third-order valence-electron chi connectivity index (χ3n) is 3.73. The average Bonchev–Trinajstić information content (AvgIpc) is 3.15. The topological polar surface area (TPSA) is 123 Å². The van der Waals surface area contributed by atoms with E-state index in [1.165, 1.54) is 18.2 Å². The molecule has 0 saturated carbocycles. The van der Waals surface area contributed by atoms with Crippen LogP contribution in [-0.2, 0) is 16.6 Å². The van der Waals surface area contributed by atoms with Gasteiger partial charge in [0.2, 0.25) is 21.7 Å². The fourth-order valence-electron chi connectivity index (χ4n) is 2.41. The number of sulfonamides is 1. The lowest BCUT2D eigenvalue weighted by atomic mass is 10.2. The van der Waals surface area contributed by atoms with Crippen molar-refractivity contribution in [2.45, 2.75) is 6.54 Å². The van der Waals surface area contributed by atoms with Gasteiger partial charge in [-0.25, -0.2) is 8.42 Å². The first kappa shape index (κ1) is 20.6. The summed E-state index contributed by atoms with van der Waals surface area (Å²) >= 11 is 6.05. The highest BCUT2D eigenvalue weighted by Gasteiger charge is 2.15. The molecule has 0 radical (unpaired) electrons. The first-order valence-electron chi connectivity index (χ1n) is 8.28. The van der Waals surface area contributed by atoms with Gasteiger partial charge in [0.05, 0.1) is 30.5 Å². The second kappa shape index (κ2) is 8.50. The molecular weight excluding hydrogens is 420 g/mol. The minimum atomic E-state index is -3.48. The minimum absolute atomic E-state index is 0.0257. The zero-order chi connectivity index (χ0) is 21.0. The van der Waals surface area contributed by atoms with Crippen LogP contribution in [0.4, 0.5) is 5.69 Å². The van der Waals surface area contributed by atoms with Crippen LogP contribution in [-0.4, -0.2) is 37.8 Å². The Bertz CT molecular complexity index is 1130. The average molecular weight is 437 g/mol. The number of methoxy groups -OCH3 is 1. The summed E-state index contributed by atoms with van der Waals surface area (Å²) in [7, 11) is -1.91. The molecule has 0 atom stereocenters. The van der Waals surface area contributed by atoms with E-state index in [0.29, 0.717) is 11.6 Å². The Morgan fingerprint density at radius 1 is 1.21 bits per heavy atom. The van der Waals surface area contributed by atoms with Crippen LogP contribution in [0.25, 0.3) is 11.4 Å². The molecule has 152 valence electrons. The number of rotatable bonds is 7. The Balaban J connectivity index is 1.68. The lowest BCUT2D eigenvalue weighted by Gasteiger charge is -2.08. The number of carbonyl (C=O) groups is 1. The Labute approximate surface area is 172 Å². The largest absolute Gasteiger partial charge is 0.497 e. The highest BCUT2D eigenvalue weighted by molar-refractivity contribution is 7.92. The van der Waals surface area contributed by atoms with Gasteiger partial charge in [-0.1, -0.05) is 16.8 Å². The van der Waals surface area contributed by atoms with Gasteiger partial charge in [0.1, 0.15) is 5.75 Å². The molecule has 0 aliphatic carbocycles. The summed E-state index contributed by atoms with van der Waals surface area (Å²) in [5, 5.41) is 6.67. The zero-order valence-corrected chi connectivity index (χ0v) is 17.0. The number of aromatic nitrogens is 2. The lowest BCUT2D eigenvalue weighted by Crippen LogP contribution is -2.23. The van der Waals surface area contributed by atoms with Crippen molar-refractivity contribution in [3.8, 4) is 17.1 Å². The van der Waals surface area contributed by atoms with Crippen LogP contribution in [0.15, 0.2) is 47.0 Å². The van der Waals surface area contributed by atoms with E-state index in [0.717, 1.165) is 11.8 Å². The first-order valence-corrected chi connectivity index (χ1v) is 10.5. The molecule has 1 heterocycles. The lowest BCUT2D eigenvalue weighted by molar-refractivity contribution is 0.0946. The molecule has 9 nitrogen and oxygen atoms in total. The normalized spacial score (nSPS) is 11.1. The maximum Gasteiger partial charge on any atom is 0.253 e. The maximum atomic E-state index is 12.4. The van der Waals surface area contributed by atoms with E-state index < -0.39 is 15.9 Å². The van der Waals surface area contributed by atoms with Crippen molar-refractivity contribution in [2.75, 3.05) is 18.1 Å². The number of nitrogens with zero attached hydrogens (tertiary/aromatic N) is 2. The molecule has 0 saturated heterocycles. The second-order valence-electron chi connectivity index (χ2n) is 5.99. The molecule has 3 rings (SSSR count). The SMILES string of the molecule is COc1ccc(-c2noc(CNC(=O)c3cc(NS(C)(=O)=O)ccc3Cl)n2)cc1. The molecule has 11 heteroatoms. The number of benzene rings is 2. The van der Waals surface area contributed by atoms with Gasteiger partial charge >= 0.3 is 0 Å². The summed E-state index contributed by atoms with van der Waals surface area (Å²) in [5.41, 5.74) is 1.06. The molecule has 0 fully saturated rings. The molecule has 0 aliphatic rings. The number of hydrogen-bond acceptors (Lipinski definition) is 7. The number of hydrogen-bond donors (Lipinski definition) is 2. The van der Waals surface area contributed by atoms with Gasteiger partial charge in [-0.3, -0.25) is 9.52 Å². The number of amides is 1. The molecule has 0 bridgehead atoms. The Morgan fingerprint density at radius 3 is 2.59 bits per heavy atom. The Kier molecular flexibility index (Phi) is 6.04. The van der Waals surface area contributed by atoms with Crippen LogP contribution in [0.3, 0.4) is 0 Å². The summed E-state index contributed by atoms with van der Waals surface area (Å²) in [5.74, 6) is 0.755. The number of halogens is 1. The summed E-state index contributed by atoms with van der Waals surface area (Å²) in [6.45, 7) is -0.0257. The molecule has 0 spiro atoms. The van der Waals surface area contributed by atoms with Crippen molar-refractivity contribution in [3.05, 3.63) is 58.9 Å². The monoisotopic (exact) mass is 436 g/mol. The van der Waals surface area contributed by atoms with E-state index in [4.69, 9.17) is 20.9 Å². The van der Waals surface area contributed by atoms with Crippen LogP contribution in [0.5, 0.6) is 5.75 Å². The minimum Gasteiger partial charge on any atom is -0.497 e. The van der Waals surface area contributed by atoms with E-state index in [-0.39, 0.29) is 28.7 Å². The van der Waals surface area contributed by atoms with Crippen molar-refractivity contribution in [2.24, 2.45) is 0 Å². The highest BCUT2D eigenvalue weighted by Crippen LogP contribution is 2.22. The van der Waals surface area contributed by atoms with Crippen LogP contribution in [0.1, 0.15) is 16.2 Å². The maximum absolute atomic E-state index is 12.4. The third-order valence-corrected chi connectivity index (χ3v) is 4.67. The van der Waals surface area contributed by atoms with E-state index in [2.05, 4.69) is 20.2 Å². The van der Waals surface area contributed by atoms with Gasteiger partial charge in [-0.05, 0) is 42.5 Å². The van der Waals surface area contributed by atoms with Gasteiger partial charge in [-0.15, -0.1) is 0 Å². The smallest absolute Gasteiger partial charge is 0.253 e. The van der Waals surface area contributed by atoms with Crippen molar-refractivity contribution in [1.29, 1.82) is 0 Å². The Hall–Kier alpha value is -3.11. The highest BCUT2D eigenvalue weighted by atomic mass is 35.5. The third kappa shape index (κ3) is 5.46. The van der Waals surface area contributed by atoms with Gasteiger partial charge in [0.15, 0.2) is 0 Å². The number of anilines is 1. The van der Waals surface area contributed by atoms with Crippen molar-refractivity contribution in [3.63, 3.8) is 0 Å². The first-order chi connectivity index (χ1) is 13.7. The predicted molar refractivity (Wildman–Crippen MR) is 107 cm³/mol. The molecule has 1 amide bonds. The van der Waals surface area contributed by atoms with Crippen LogP contribution >= 0.6 is 11.6 Å². The molecule has 29 heavy (non-hydrogen) atoms. The molecule has 2 aromatic carbocycles. The molecular formula is C18H17ClN4O5S. The van der Waals surface area contributed by atoms with E-state index in [1.54, 1.807) is 31.4 Å². The Morgan fingerprint density at radius 2 is 1.93 bits per heavy atom. The van der Waals surface area contributed by atoms with Gasteiger partial charge in [0, 0.05) is 11.3 Å². The summed E-state index contributed by atoms with van der Waals surface area (Å²) in [6.07, 6.45) is 1.01. The second-order valence-corrected chi connectivity index (χ2v) is 8.15. The van der Waals surface area contributed by atoms with Crippen molar-refractivity contribution in [1.82, 2.24) is 15.5 Å². The summed E-state index contributed by atoms with van der Waals surface area (Å²) < 4.78 is 35.2. The number of ether oxygens (including phenoxy) is 1. The van der Waals surface area contributed by atoms with E-state index >= 15 is 0 Å². The fraction of sp³-hybridized carbons (Fsp3) is 0.167. The van der Waals surface area contributed by atoms with Crippen LogP contribution < -0.4 is 14.8 Å². The fourth-order valence-corrected chi connectivity index (χ4v) is 3.17. The van der Waals surface area contributed by atoms with Gasteiger partial charge in [0.25, 0.3) is 5.91 Å². The number of carbonyl (C=O) groups excluding carboxylic acids is 1. The zero-order valence-electron chi connectivity index (χ0n) is 15.5.